The van der Waals surface area contributed by atoms with Crippen LogP contribution in [-0.4, -0.2) is 33.1 Å². The van der Waals surface area contributed by atoms with Gasteiger partial charge in [-0.15, -0.1) is 0 Å². The zero-order valence-electron chi connectivity index (χ0n) is 6.83. The highest BCUT2D eigenvalue weighted by atomic mass is 127. The molecule has 5 nitrogen and oxygen atoms in total. The van der Waals surface area contributed by atoms with Crippen molar-refractivity contribution in [2.75, 3.05) is 6.54 Å². The minimum Gasteiger partial charge on any atom is -0.370 e. The van der Waals surface area contributed by atoms with Crippen LogP contribution in [0.25, 0.3) is 0 Å². The van der Waals surface area contributed by atoms with Crippen LogP contribution in [0.5, 0.6) is 0 Å². The Hall–Kier alpha value is -0.660. The fourth-order valence-electron chi connectivity index (χ4n) is 1.10. The van der Waals surface area contributed by atoms with Crippen molar-refractivity contribution in [1.82, 2.24) is 4.90 Å². The topological polar surface area (TPSA) is 80.5 Å². The molecule has 3 amide bonds. The molecule has 72 valence electrons. The molecule has 0 bridgehead atoms. The van der Waals surface area contributed by atoms with E-state index in [0.717, 1.165) is 4.90 Å². The van der Waals surface area contributed by atoms with Crippen LogP contribution in [0.4, 0.5) is 0 Å². The number of halogens is 1. The minimum absolute atomic E-state index is 0.0425. The summed E-state index contributed by atoms with van der Waals surface area (Å²) in [5.74, 6) is -0.935. The molecule has 1 fully saturated rings. The monoisotopic (exact) mass is 296 g/mol. The smallest absolute Gasteiger partial charge is 0.242 e. The van der Waals surface area contributed by atoms with E-state index < -0.39 is 5.91 Å². The summed E-state index contributed by atoms with van der Waals surface area (Å²) in [7, 11) is 0. The molecule has 1 unspecified atom stereocenters. The fraction of sp³-hybridized carbons (Fsp3) is 0.571. The molecule has 2 N–H and O–H groups in total. The minimum atomic E-state index is -0.502. The van der Waals surface area contributed by atoms with E-state index in [0.29, 0.717) is 0 Å². The molecule has 0 aromatic carbocycles. The number of hydrogen-bond acceptors (Lipinski definition) is 3. The van der Waals surface area contributed by atoms with Crippen LogP contribution < -0.4 is 5.73 Å². The molecule has 1 rings (SSSR count). The normalized spacial score (nSPS) is 22.5. The summed E-state index contributed by atoms with van der Waals surface area (Å²) >= 11 is 1.92. The van der Waals surface area contributed by atoms with Gasteiger partial charge in [0.2, 0.25) is 17.7 Å². The largest absolute Gasteiger partial charge is 0.370 e. The predicted molar refractivity (Wildman–Crippen MR) is 53.0 cm³/mol. The molecule has 0 aliphatic carbocycles. The molecule has 0 aromatic heterocycles. The fourth-order valence-corrected chi connectivity index (χ4v) is 1.81. The third-order valence-electron chi connectivity index (χ3n) is 1.77. The van der Waals surface area contributed by atoms with E-state index in [4.69, 9.17) is 5.73 Å². The molecule has 1 heterocycles. The number of likely N-dealkylation sites (tertiary alicyclic amines) is 1. The van der Waals surface area contributed by atoms with Crippen molar-refractivity contribution in [3.63, 3.8) is 0 Å². The first-order valence-corrected chi connectivity index (χ1v) is 5.03. The van der Waals surface area contributed by atoms with Crippen LogP contribution in [0.3, 0.4) is 0 Å². The van der Waals surface area contributed by atoms with Crippen LogP contribution in [0.15, 0.2) is 0 Å². The van der Waals surface area contributed by atoms with Crippen LogP contribution in [-0.2, 0) is 14.4 Å². The van der Waals surface area contributed by atoms with Gasteiger partial charge >= 0.3 is 0 Å². The third kappa shape index (κ3) is 2.39. The van der Waals surface area contributed by atoms with Gasteiger partial charge in [0.05, 0.1) is 3.92 Å². The number of imide groups is 1. The third-order valence-corrected chi connectivity index (χ3v) is 2.74. The van der Waals surface area contributed by atoms with Gasteiger partial charge in [-0.3, -0.25) is 19.3 Å². The molecule has 6 heteroatoms. The summed E-state index contributed by atoms with van der Waals surface area (Å²) in [6.07, 6.45) is 0.277. The number of alkyl halides is 1. The molecular weight excluding hydrogens is 287 g/mol. The first-order valence-electron chi connectivity index (χ1n) is 3.79. The highest BCUT2D eigenvalue weighted by Gasteiger charge is 2.36. The standard InChI is InChI=1S/C7H9IN2O3/c8-4-3-6(12)10(7(4)13)2-1-5(9)11/h4H,1-3H2,(H2,9,11). The molecule has 0 radical (unpaired) electrons. The quantitative estimate of drug-likeness (QED) is 0.430. The molecular formula is C7H9IN2O3. The molecule has 1 atom stereocenters. The van der Waals surface area contributed by atoms with Crippen molar-refractivity contribution in [2.24, 2.45) is 5.73 Å². The maximum Gasteiger partial charge on any atom is 0.242 e. The van der Waals surface area contributed by atoms with Crippen LogP contribution in [0, 0.1) is 0 Å². The average molecular weight is 296 g/mol. The molecule has 13 heavy (non-hydrogen) atoms. The van der Waals surface area contributed by atoms with Gasteiger partial charge in [0.15, 0.2) is 0 Å². The molecule has 1 aliphatic heterocycles. The van der Waals surface area contributed by atoms with Gasteiger partial charge in [0.25, 0.3) is 0 Å². The number of nitrogens with two attached hydrogens (primary N) is 1. The second-order valence-corrected chi connectivity index (χ2v) is 4.28. The number of amides is 3. The summed E-state index contributed by atoms with van der Waals surface area (Å²) in [4.78, 5) is 34.0. The van der Waals surface area contributed by atoms with Gasteiger partial charge in [0.1, 0.15) is 0 Å². The zero-order valence-corrected chi connectivity index (χ0v) is 8.98. The number of hydrogen-bond donors (Lipinski definition) is 1. The summed E-state index contributed by atoms with van der Waals surface area (Å²) in [6, 6.07) is 0. The van der Waals surface area contributed by atoms with Gasteiger partial charge in [0, 0.05) is 19.4 Å². The Balaban J connectivity index is 2.54. The highest BCUT2D eigenvalue weighted by Crippen LogP contribution is 2.20. The molecule has 1 saturated heterocycles. The lowest BCUT2D eigenvalue weighted by molar-refractivity contribution is -0.138. The predicted octanol–water partition coefficient (Wildman–Crippen LogP) is -0.576. The molecule has 0 saturated carbocycles. The molecule has 0 spiro atoms. The van der Waals surface area contributed by atoms with Crippen molar-refractivity contribution in [1.29, 1.82) is 0 Å². The van der Waals surface area contributed by atoms with Gasteiger partial charge < -0.3 is 5.73 Å². The van der Waals surface area contributed by atoms with E-state index in [9.17, 15) is 14.4 Å². The molecule has 1 aliphatic rings. The van der Waals surface area contributed by atoms with Gasteiger partial charge in [-0.2, -0.15) is 0 Å². The first-order chi connectivity index (χ1) is 6.02. The van der Waals surface area contributed by atoms with Crippen LogP contribution in [0.1, 0.15) is 12.8 Å². The maximum atomic E-state index is 11.3. The van der Waals surface area contributed by atoms with Gasteiger partial charge in [-0.25, -0.2) is 0 Å². The summed E-state index contributed by atoms with van der Waals surface area (Å²) < 4.78 is -0.280. The second kappa shape index (κ2) is 4.03. The number of nitrogens with zero attached hydrogens (tertiary/aromatic N) is 1. The summed E-state index contributed by atoms with van der Waals surface area (Å²) in [5, 5.41) is 0. The first kappa shape index (κ1) is 10.4. The van der Waals surface area contributed by atoms with E-state index in [1.54, 1.807) is 0 Å². The maximum absolute atomic E-state index is 11.3. The number of carbonyl (C=O) groups excluding carboxylic acids is 3. The Morgan fingerprint density at radius 1 is 1.62 bits per heavy atom. The Labute approximate surface area is 88.8 Å². The van der Waals surface area contributed by atoms with E-state index in [1.165, 1.54) is 0 Å². The van der Waals surface area contributed by atoms with Gasteiger partial charge in [-0.05, 0) is 0 Å². The van der Waals surface area contributed by atoms with E-state index >= 15 is 0 Å². The van der Waals surface area contributed by atoms with Crippen molar-refractivity contribution in [3.05, 3.63) is 0 Å². The van der Waals surface area contributed by atoms with Crippen LogP contribution in [0.2, 0.25) is 0 Å². The van der Waals surface area contributed by atoms with Crippen molar-refractivity contribution >= 4 is 40.3 Å². The zero-order chi connectivity index (χ0) is 10.0. The Morgan fingerprint density at radius 2 is 2.23 bits per heavy atom. The van der Waals surface area contributed by atoms with Crippen LogP contribution >= 0.6 is 22.6 Å². The summed E-state index contributed by atoms with van der Waals surface area (Å²) in [5.41, 5.74) is 4.91. The van der Waals surface area contributed by atoms with Crippen molar-refractivity contribution in [2.45, 2.75) is 16.8 Å². The van der Waals surface area contributed by atoms with E-state index in [-0.39, 0.29) is 35.1 Å². The molecule has 0 aromatic rings. The lowest BCUT2D eigenvalue weighted by Crippen LogP contribution is -2.33. The average Bonchev–Trinajstić information content (AvgIpc) is 2.24. The van der Waals surface area contributed by atoms with Crippen molar-refractivity contribution < 1.29 is 14.4 Å². The van der Waals surface area contributed by atoms with E-state index in [1.807, 2.05) is 22.6 Å². The Kier molecular flexibility index (Phi) is 3.23. The number of primary amides is 1. The summed E-state index contributed by atoms with van der Waals surface area (Å²) in [6.45, 7) is 0.118. The van der Waals surface area contributed by atoms with Gasteiger partial charge in [-0.1, -0.05) is 22.6 Å². The number of carbonyl (C=O) groups is 3. The highest BCUT2D eigenvalue weighted by molar-refractivity contribution is 14.1. The second-order valence-electron chi connectivity index (χ2n) is 2.77. The Morgan fingerprint density at radius 3 is 2.62 bits per heavy atom. The van der Waals surface area contributed by atoms with Crippen molar-refractivity contribution in [3.8, 4) is 0 Å². The number of rotatable bonds is 3. The lowest BCUT2D eigenvalue weighted by atomic mass is 10.4. The van der Waals surface area contributed by atoms with E-state index in [2.05, 4.69) is 0 Å². The Bertz CT molecular complexity index is 266. The lowest BCUT2D eigenvalue weighted by Gasteiger charge is -2.11. The SMILES string of the molecule is NC(=O)CCN1C(=O)CC(I)C1=O.